The number of nitriles is 1. The van der Waals surface area contributed by atoms with Gasteiger partial charge in [0.15, 0.2) is 17.0 Å². The molecule has 0 fully saturated rings. The molecule has 0 saturated heterocycles. The number of hydrogen-bond donors (Lipinski definition) is 2. The third kappa shape index (κ3) is 1.68. The van der Waals surface area contributed by atoms with Gasteiger partial charge in [0, 0.05) is 11.8 Å². The molecule has 94 valence electrons. The molecule has 0 amide bonds. The highest BCUT2D eigenvalue weighted by Crippen LogP contribution is 2.36. The van der Waals surface area contributed by atoms with Gasteiger partial charge < -0.3 is 15.3 Å². The highest BCUT2D eigenvalue weighted by molar-refractivity contribution is 5.72. The second-order valence-electron chi connectivity index (χ2n) is 4.04. The third-order valence-electron chi connectivity index (χ3n) is 2.96. The molecule has 0 aliphatic carbocycles. The zero-order chi connectivity index (χ0) is 13.4. The lowest BCUT2D eigenvalue weighted by Crippen LogP contribution is -2.28. The van der Waals surface area contributed by atoms with Crippen LogP contribution in [0.25, 0.3) is 11.1 Å². The number of pyridine rings is 1. The van der Waals surface area contributed by atoms with E-state index in [0.29, 0.717) is 17.1 Å². The molecule has 1 aromatic carbocycles. The van der Waals surface area contributed by atoms with Crippen molar-refractivity contribution in [3.05, 3.63) is 41.5 Å². The molecule has 6 heteroatoms. The van der Waals surface area contributed by atoms with Gasteiger partial charge in [0.05, 0.1) is 0 Å². The van der Waals surface area contributed by atoms with E-state index in [-0.39, 0.29) is 17.8 Å². The van der Waals surface area contributed by atoms with Gasteiger partial charge >= 0.3 is 0 Å². The van der Waals surface area contributed by atoms with E-state index in [1.165, 1.54) is 0 Å². The molecular formula is C13H10N4O2. The first-order chi connectivity index (χ1) is 9.20. The average molecular weight is 254 g/mol. The summed E-state index contributed by atoms with van der Waals surface area (Å²) in [5.74, 6) is 6.88. The predicted molar refractivity (Wildman–Crippen MR) is 66.7 cm³/mol. The Morgan fingerprint density at radius 2 is 2.05 bits per heavy atom. The normalized spacial score (nSPS) is 12.2. The first-order valence-electron chi connectivity index (χ1n) is 5.56. The summed E-state index contributed by atoms with van der Waals surface area (Å²) in [6.45, 7) is 0.200. The SMILES string of the molecule is N#Cc1c(-c2ccc3c(c2)OCO3)ccn(N)c1=N. The van der Waals surface area contributed by atoms with Crippen molar-refractivity contribution < 1.29 is 9.47 Å². The van der Waals surface area contributed by atoms with Crippen LogP contribution in [0, 0.1) is 16.7 Å². The zero-order valence-corrected chi connectivity index (χ0v) is 9.88. The third-order valence-corrected chi connectivity index (χ3v) is 2.96. The largest absolute Gasteiger partial charge is 0.454 e. The summed E-state index contributed by atoms with van der Waals surface area (Å²) in [7, 11) is 0. The van der Waals surface area contributed by atoms with Crippen molar-refractivity contribution in [2.45, 2.75) is 0 Å². The number of nitrogens with one attached hydrogen (secondary N) is 1. The van der Waals surface area contributed by atoms with Crippen molar-refractivity contribution in [2.24, 2.45) is 0 Å². The van der Waals surface area contributed by atoms with Crippen molar-refractivity contribution in [3.63, 3.8) is 0 Å². The Morgan fingerprint density at radius 1 is 1.26 bits per heavy atom. The van der Waals surface area contributed by atoms with Crippen LogP contribution in [0.2, 0.25) is 0 Å². The van der Waals surface area contributed by atoms with E-state index in [1.807, 2.05) is 12.1 Å². The Balaban J connectivity index is 2.21. The van der Waals surface area contributed by atoms with E-state index in [4.69, 9.17) is 20.7 Å². The molecule has 3 rings (SSSR count). The van der Waals surface area contributed by atoms with Gasteiger partial charge in [0.25, 0.3) is 0 Å². The van der Waals surface area contributed by atoms with Crippen molar-refractivity contribution >= 4 is 0 Å². The van der Waals surface area contributed by atoms with Crippen LogP contribution in [0.1, 0.15) is 5.56 Å². The van der Waals surface area contributed by atoms with Gasteiger partial charge in [-0.3, -0.25) is 10.1 Å². The fourth-order valence-corrected chi connectivity index (χ4v) is 1.99. The maximum Gasteiger partial charge on any atom is 0.231 e. The number of nitrogen functional groups attached to an aromatic ring is 1. The highest BCUT2D eigenvalue weighted by atomic mass is 16.7. The number of benzene rings is 1. The maximum absolute atomic E-state index is 9.18. The van der Waals surface area contributed by atoms with Gasteiger partial charge in [-0.25, -0.2) is 0 Å². The molecule has 1 aliphatic rings. The number of fused-ring (bicyclic) bond motifs is 1. The summed E-state index contributed by atoms with van der Waals surface area (Å²) in [6.07, 6.45) is 1.54. The number of hydrogen-bond acceptors (Lipinski definition) is 5. The Morgan fingerprint density at radius 3 is 2.84 bits per heavy atom. The quantitative estimate of drug-likeness (QED) is 0.740. The molecule has 0 unspecified atom stereocenters. The van der Waals surface area contributed by atoms with Crippen LogP contribution < -0.4 is 20.8 Å². The smallest absolute Gasteiger partial charge is 0.231 e. The van der Waals surface area contributed by atoms with Crippen LogP contribution in [0.3, 0.4) is 0 Å². The zero-order valence-electron chi connectivity index (χ0n) is 9.88. The van der Waals surface area contributed by atoms with Gasteiger partial charge in [0.1, 0.15) is 11.6 Å². The summed E-state index contributed by atoms with van der Waals surface area (Å²) in [5.41, 5.74) is 1.63. The minimum Gasteiger partial charge on any atom is -0.454 e. The number of nitrogens with zero attached hydrogens (tertiary/aromatic N) is 2. The van der Waals surface area contributed by atoms with Crippen molar-refractivity contribution in [1.29, 1.82) is 10.7 Å². The Labute approximate surface area is 108 Å². The summed E-state index contributed by atoms with van der Waals surface area (Å²) in [6, 6.07) is 9.11. The van der Waals surface area contributed by atoms with Crippen LogP contribution in [-0.2, 0) is 0 Å². The molecule has 0 atom stereocenters. The molecule has 0 spiro atoms. The Bertz CT molecular complexity index is 758. The molecular weight excluding hydrogens is 244 g/mol. The maximum atomic E-state index is 9.18. The minimum absolute atomic E-state index is 0.0299. The lowest BCUT2D eigenvalue weighted by molar-refractivity contribution is 0.174. The van der Waals surface area contributed by atoms with E-state index in [1.54, 1.807) is 24.4 Å². The second-order valence-corrected chi connectivity index (χ2v) is 4.04. The molecule has 19 heavy (non-hydrogen) atoms. The van der Waals surface area contributed by atoms with Crippen molar-refractivity contribution in [1.82, 2.24) is 4.68 Å². The predicted octanol–water partition coefficient (Wildman–Crippen LogP) is 0.949. The first-order valence-corrected chi connectivity index (χ1v) is 5.56. The van der Waals surface area contributed by atoms with Crippen LogP contribution >= 0.6 is 0 Å². The summed E-state index contributed by atoms with van der Waals surface area (Å²) in [4.78, 5) is 0. The van der Waals surface area contributed by atoms with E-state index >= 15 is 0 Å². The van der Waals surface area contributed by atoms with Gasteiger partial charge in [0.2, 0.25) is 6.79 Å². The van der Waals surface area contributed by atoms with Crippen molar-refractivity contribution in [2.75, 3.05) is 12.6 Å². The molecule has 0 radical (unpaired) electrons. The van der Waals surface area contributed by atoms with E-state index in [2.05, 4.69) is 0 Å². The topological polar surface area (TPSA) is 97.1 Å². The van der Waals surface area contributed by atoms with Crippen LogP contribution in [0.4, 0.5) is 0 Å². The molecule has 2 heterocycles. The van der Waals surface area contributed by atoms with Crippen molar-refractivity contribution in [3.8, 4) is 28.7 Å². The van der Waals surface area contributed by atoms with Crippen LogP contribution in [-0.4, -0.2) is 11.5 Å². The lowest BCUT2D eigenvalue weighted by Gasteiger charge is -2.08. The van der Waals surface area contributed by atoms with Crippen LogP contribution in [0.15, 0.2) is 30.5 Å². The number of aromatic nitrogens is 1. The van der Waals surface area contributed by atoms with Gasteiger partial charge in [-0.05, 0) is 23.8 Å². The molecule has 2 aromatic rings. The van der Waals surface area contributed by atoms with Gasteiger partial charge in [-0.1, -0.05) is 6.07 Å². The fraction of sp³-hybridized carbons (Fsp3) is 0.0769. The number of nitrogens with two attached hydrogens (primary N) is 1. The molecule has 1 aromatic heterocycles. The monoisotopic (exact) mass is 254 g/mol. The fourth-order valence-electron chi connectivity index (χ4n) is 1.99. The molecule has 6 nitrogen and oxygen atoms in total. The van der Waals surface area contributed by atoms with Crippen LogP contribution in [0.5, 0.6) is 11.5 Å². The average Bonchev–Trinajstić information content (AvgIpc) is 2.89. The first kappa shape index (κ1) is 11.2. The van der Waals surface area contributed by atoms with Gasteiger partial charge in [-0.2, -0.15) is 5.26 Å². The molecule has 1 aliphatic heterocycles. The Kier molecular flexibility index (Phi) is 2.39. The number of ether oxygens (including phenoxy) is 2. The van der Waals surface area contributed by atoms with E-state index in [9.17, 15) is 5.26 Å². The standard InChI is InChI=1S/C13H10N4O2/c14-6-10-9(3-4-17(16)13(10)15)8-1-2-11-12(5-8)19-7-18-11/h1-5,15H,7,16H2. The Hall–Kier alpha value is -2.94. The summed E-state index contributed by atoms with van der Waals surface area (Å²) < 4.78 is 11.7. The summed E-state index contributed by atoms with van der Waals surface area (Å²) >= 11 is 0. The minimum atomic E-state index is -0.0299. The molecule has 0 saturated carbocycles. The second kappa shape index (κ2) is 4.07. The molecule has 0 bridgehead atoms. The summed E-state index contributed by atoms with van der Waals surface area (Å²) in [5, 5.41) is 17.0. The van der Waals surface area contributed by atoms with E-state index in [0.717, 1.165) is 10.2 Å². The van der Waals surface area contributed by atoms with Gasteiger partial charge in [-0.15, -0.1) is 0 Å². The highest BCUT2D eigenvalue weighted by Gasteiger charge is 2.16. The molecule has 3 N–H and O–H groups in total. The van der Waals surface area contributed by atoms with E-state index < -0.39 is 0 Å². The lowest BCUT2D eigenvalue weighted by atomic mass is 10.0. The number of rotatable bonds is 1.